The Labute approximate surface area is 184 Å². The summed E-state index contributed by atoms with van der Waals surface area (Å²) in [6.07, 6.45) is -0.477. The normalized spacial score (nSPS) is 11.9. The Balaban J connectivity index is 0.00000729. The number of alkyl carbamates (subject to hydrolysis) is 1. The number of guanidine groups is 1. The van der Waals surface area contributed by atoms with E-state index in [9.17, 15) is 4.79 Å². The average molecular weight is 508 g/mol. The number of methoxy groups -OCH3 is 2. The Kier molecular flexibility index (Phi) is 10.4. The minimum atomic E-state index is -0.564. The molecule has 0 aliphatic heterocycles. The van der Waals surface area contributed by atoms with Crippen LogP contribution in [0, 0.1) is 0 Å². The van der Waals surface area contributed by atoms with Gasteiger partial charge in [-0.05, 0) is 52.3 Å². The molecule has 0 unspecified atom stereocenters. The number of nitrogens with one attached hydrogen (secondary N) is 2. The Bertz CT molecular complexity index is 672. The molecule has 0 spiro atoms. The number of amides is 1. The van der Waals surface area contributed by atoms with Crippen LogP contribution in [-0.4, -0.2) is 44.0 Å². The molecule has 0 radical (unpaired) electrons. The molecule has 1 amide bonds. The van der Waals surface area contributed by atoms with Gasteiger partial charge in [0, 0.05) is 6.54 Å². The second-order valence-corrected chi connectivity index (χ2v) is 7.76. The molecule has 9 heteroatoms. The van der Waals surface area contributed by atoms with Crippen LogP contribution in [0.25, 0.3) is 0 Å². The van der Waals surface area contributed by atoms with Gasteiger partial charge >= 0.3 is 6.09 Å². The second-order valence-electron chi connectivity index (χ2n) is 7.76. The maximum atomic E-state index is 11.9. The number of hydrogen-bond acceptors (Lipinski definition) is 5. The van der Waals surface area contributed by atoms with E-state index in [-0.39, 0.29) is 29.9 Å². The Morgan fingerprint density at radius 3 is 2.25 bits per heavy atom. The molecule has 1 aromatic rings. The van der Waals surface area contributed by atoms with Gasteiger partial charge in [0.15, 0.2) is 17.5 Å². The summed E-state index contributed by atoms with van der Waals surface area (Å²) in [5, 5.41) is 5.82. The first kappa shape index (κ1) is 26.1. The van der Waals surface area contributed by atoms with E-state index in [1.165, 1.54) is 0 Å². The smallest absolute Gasteiger partial charge is 0.408 e. The monoisotopic (exact) mass is 508 g/mol. The lowest BCUT2D eigenvalue weighted by Gasteiger charge is -2.29. The minimum Gasteiger partial charge on any atom is -0.493 e. The highest BCUT2D eigenvalue weighted by molar-refractivity contribution is 14.0. The fourth-order valence-corrected chi connectivity index (χ4v) is 2.15. The van der Waals surface area contributed by atoms with Crippen LogP contribution in [0.2, 0.25) is 0 Å². The Morgan fingerprint density at radius 1 is 1.11 bits per heavy atom. The molecule has 0 fully saturated rings. The van der Waals surface area contributed by atoms with Crippen molar-refractivity contribution in [3.05, 3.63) is 23.8 Å². The van der Waals surface area contributed by atoms with Crippen LogP contribution in [0.5, 0.6) is 11.5 Å². The predicted molar refractivity (Wildman–Crippen MR) is 122 cm³/mol. The zero-order valence-electron chi connectivity index (χ0n) is 17.7. The van der Waals surface area contributed by atoms with Crippen LogP contribution in [0.15, 0.2) is 23.2 Å². The minimum absolute atomic E-state index is 0. The van der Waals surface area contributed by atoms with Crippen molar-refractivity contribution in [1.82, 2.24) is 10.6 Å². The SMILES string of the molecule is COc1ccc(CN=C(N)NCC(C)(C)NC(=O)OC(C)(C)C)cc1OC.I. The number of ether oxygens (including phenoxy) is 3. The largest absolute Gasteiger partial charge is 0.493 e. The van der Waals surface area contributed by atoms with Crippen molar-refractivity contribution in [3.63, 3.8) is 0 Å². The molecular formula is C19H33IN4O4. The Morgan fingerprint density at radius 2 is 1.71 bits per heavy atom. The number of carbonyl (C=O) groups excluding carboxylic acids is 1. The number of carbonyl (C=O) groups is 1. The zero-order chi connectivity index (χ0) is 20.7. The summed E-state index contributed by atoms with van der Waals surface area (Å²) in [7, 11) is 3.17. The van der Waals surface area contributed by atoms with Crippen molar-refractivity contribution in [2.45, 2.75) is 52.3 Å². The van der Waals surface area contributed by atoms with Crippen LogP contribution in [-0.2, 0) is 11.3 Å². The van der Waals surface area contributed by atoms with Crippen molar-refractivity contribution in [2.75, 3.05) is 20.8 Å². The standard InChI is InChI=1S/C19H32N4O4.HI/c1-18(2,3)27-17(24)23-19(4,5)12-22-16(20)21-11-13-8-9-14(25-6)15(10-13)26-7;/h8-10H,11-12H2,1-7H3,(H,23,24)(H3,20,21,22);1H. The highest BCUT2D eigenvalue weighted by atomic mass is 127. The molecule has 1 rings (SSSR count). The third-order valence-electron chi connectivity index (χ3n) is 3.43. The third-order valence-corrected chi connectivity index (χ3v) is 3.43. The van der Waals surface area contributed by atoms with Crippen LogP contribution in [0.3, 0.4) is 0 Å². The molecule has 4 N–H and O–H groups in total. The lowest BCUT2D eigenvalue weighted by atomic mass is 10.1. The van der Waals surface area contributed by atoms with Crippen molar-refractivity contribution < 1.29 is 19.0 Å². The first-order valence-electron chi connectivity index (χ1n) is 8.71. The summed E-state index contributed by atoms with van der Waals surface area (Å²) >= 11 is 0. The van der Waals surface area contributed by atoms with Crippen molar-refractivity contribution in [1.29, 1.82) is 0 Å². The molecule has 0 aliphatic rings. The topological polar surface area (TPSA) is 107 Å². The van der Waals surface area contributed by atoms with E-state index >= 15 is 0 Å². The van der Waals surface area contributed by atoms with Crippen LogP contribution in [0.4, 0.5) is 4.79 Å². The first-order chi connectivity index (χ1) is 12.5. The highest BCUT2D eigenvalue weighted by Gasteiger charge is 2.24. The molecule has 0 aromatic heterocycles. The quantitative estimate of drug-likeness (QED) is 0.297. The van der Waals surface area contributed by atoms with Crippen molar-refractivity contribution in [2.24, 2.45) is 10.7 Å². The van der Waals surface area contributed by atoms with E-state index in [0.717, 1.165) is 5.56 Å². The van der Waals surface area contributed by atoms with Crippen molar-refractivity contribution in [3.8, 4) is 11.5 Å². The fraction of sp³-hybridized carbons (Fsp3) is 0.579. The third kappa shape index (κ3) is 9.86. The number of aliphatic imine (C=N–C) groups is 1. The van der Waals surface area contributed by atoms with Gasteiger partial charge in [0.1, 0.15) is 5.60 Å². The summed E-state index contributed by atoms with van der Waals surface area (Å²) in [5.41, 5.74) is 5.75. The Hall–Kier alpha value is -1.91. The van der Waals surface area contributed by atoms with Gasteiger partial charge in [-0.25, -0.2) is 9.79 Å². The van der Waals surface area contributed by atoms with Gasteiger partial charge in [0.05, 0.1) is 26.3 Å². The molecular weight excluding hydrogens is 475 g/mol. The van der Waals surface area contributed by atoms with Gasteiger partial charge in [-0.2, -0.15) is 0 Å². The van der Waals surface area contributed by atoms with E-state index in [4.69, 9.17) is 19.9 Å². The van der Waals surface area contributed by atoms with Gasteiger partial charge in [0.2, 0.25) is 0 Å². The fourth-order valence-electron chi connectivity index (χ4n) is 2.15. The van der Waals surface area contributed by atoms with Crippen molar-refractivity contribution >= 4 is 36.0 Å². The summed E-state index contributed by atoms with van der Waals surface area (Å²) < 4.78 is 15.8. The molecule has 8 nitrogen and oxygen atoms in total. The maximum absolute atomic E-state index is 11.9. The lowest BCUT2D eigenvalue weighted by Crippen LogP contribution is -2.53. The van der Waals surface area contributed by atoms with Crippen LogP contribution < -0.4 is 25.8 Å². The summed E-state index contributed by atoms with van der Waals surface area (Å²) in [4.78, 5) is 16.2. The van der Waals surface area contributed by atoms with E-state index < -0.39 is 17.2 Å². The van der Waals surface area contributed by atoms with E-state index in [2.05, 4.69) is 15.6 Å². The lowest BCUT2D eigenvalue weighted by molar-refractivity contribution is 0.0474. The molecule has 28 heavy (non-hydrogen) atoms. The molecule has 1 aromatic carbocycles. The summed E-state index contributed by atoms with van der Waals surface area (Å²) in [5.74, 6) is 1.58. The first-order valence-corrected chi connectivity index (χ1v) is 8.71. The van der Waals surface area contributed by atoms with Gasteiger partial charge in [-0.15, -0.1) is 24.0 Å². The predicted octanol–water partition coefficient (Wildman–Crippen LogP) is 3.03. The number of nitrogens with zero attached hydrogens (tertiary/aromatic N) is 1. The van der Waals surface area contributed by atoms with Crippen LogP contribution >= 0.6 is 24.0 Å². The zero-order valence-corrected chi connectivity index (χ0v) is 20.0. The number of halogens is 1. The molecule has 0 atom stereocenters. The van der Waals surface area contributed by atoms with Gasteiger partial charge in [-0.3, -0.25) is 0 Å². The molecule has 0 heterocycles. The number of rotatable bonds is 7. The van der Waals surface area contributed by atoms with E-state index in [1.807, 2.05) is 52.8 Å². The molecule has 0 saturated carbocycles. The molecule has 160 valence electrons. The van der Waals surface area contributed by atoms with E-state index in [1.54, 1.807) is 14.2 Å². The van der Waals surface area contributed by atoms with Gasteiger partial charge in [-0.1, -0.05) is 6.07 Å². The molecule has 0 aliphatic carbocycles. The highest BCUT2D eigenvalue weighted by Crippen LogP contribution is 2.27. The molecule has 0 saturated heterocycles. The number of benzene rings is 1. The number of hydrogen-bond donors (Lipinski definition) is 3. The number of nitrogens with two attached hydrogens (primary N) is 1. The van der Waals surface area contributed by atoms with Gasteiger partial charge < -0.3 is 30.6 Å². The second kappa shape index (κ2) is 11.2. The van der Waals surface area contributed by atoms with E-state index in [0.29, 0.717) is 24.6 Å². The van der Waals surface area contributed by atoms with Gasteiger partial charge in [0.25, 0.3) is 0 Å². The average Bonchev–Trinajstić information content (AvgIpc) is 2.55. The van der Waals surface area contributed by atoms with Crippen LogP contribution in [0.1, 0.15) is 40.2 Å². The molecule has 0 bridgehead atoms. The summed E-state index contributed by atoms with van der Waals surface area (Å²) in [6, 6.07) is 5.57. The summed E-state index contributed by atoms with van der Waals surface area (Å²) in [6.45, 7) is 9.97. The maximum Gasteiger partial charge on any atom is 0.408 e.